The van der Waals surface area contributed by atoms with Crippen molar-refractivity contribution < 1.29 is 0 Å². The molecule has 0 fully saturated rings. The molecule has 0 amide bonds. The monoisotopic (exact) mass is 138 g/mol. The second-order valence-electron chi connectivity index (χ2n) is 2.69. The van der Waals surface area contributed by atoms with E-state index in [-0.39, 0.29) is 0 Å². The molecule has 0 aliphatic carbocycles. The van der Waals surface area contributed by atoms with Crippen LogP contribution in [-0.4, -0.2) is 33.3 Å². The molecule has 2 heterocycles. The molecule has 0 radical (unpaired) electrons. The zero-order valence-electron chi connectivity index (χ0n) is 5.99. The quantitative estimate of drug-likeness (QED) is 0.494. The maximum absolute atomic E-state index is 3.98. The normalized spacial score (nSPS) is 18.9. The van der Waals surface area contributed by atoms with Crippen molar-refractivity contribution in [2.45, 2.75) is 13.1 Å². The molecular weight excluding hydrogens is 128 g/mol. The predicted molar refractivity (Wildman–Crippen MR) is 36.4 cm³/mol. The van der Waals surface area contributed by atoms with Gasteiger partial charge in [0, 0.05) is 13.0 Å². The lowest BCUT2D eigenvalue weighted by Gasteiger charge is -2.22. The summed E-state index contributed by atoms with van der Waals surface area (Å²) in [4.78, 5) is 2.25. The first kappa shape index (κ1) is 5.85. The van der Waals surface area contributed by atoms with Gasteiger partial charge in [0.05, 0.1) is 6.67 Å². The first-order valence-electron chi connectivity index (χ1n) is 3.41. The fraction of sp³-hybridized carbons (Fsp3) is 0.667. The van der Waals surface area contributed by atoms with E-state index in [9.17, 15) is 0 Å². The van der Waals surface area contributed by atoms with Crippen molar-refractivity contribution in [3.8, 4) is 0 Å². The van der Waals surface area contributed by atoms with Crippen LogP contribution in [0, 0.1) is 0 Å². The molecule has 54 valence electrons. The van der Waals surface area contributed by atoms with E-state index in [2.05, 4.69) is 26.7 Å². The second-order valence-corrected chi connectivity index (χ2v) is 2.69. The van der Waals surface area contributed by atoms with Gasteiger partial charge in [0.2, 0.25) is 0 Å². The summed E-state index contributed by atoms with van der Waals surface area (Å²) in [5, 5.41) is 7.80. The molecule has 1 aliphatic rings. The van der Waals surface area contributed by atoms with Crippen LogP contribution in [0.15, 0.2) is 6.33 Å². The summed E-state index contributed by atoms with van der Waals surface area (Å²) < 4.78 is 2.07. The summed E-state index contributed by atoms with van der Waals surface area (Å²) in [6.07, 6.45) is 2.81. The number of hydrogen-bond donors (Lipinski definition) is 0. The molecule has 0 saturated carbocycles. The summed E-state index contributed by atoms with van der Waals surface area (Å²) in [7, 11) is 2.10. The third-order valence-corrected chi connectivity index (χ3v) is 1.81. The minimum absolute atomic E-state index is 0.933. The van der Waals surface area contributed by atoms with E-state index in [1.54, 1.807) is 6.33 Å². The van der Waals surface area contributed by atoms with Gasteiger partial charge in [-0.05, 0) is 7.05 Å². The van der Waals surface area contributed by atoms with Crippen LogP contribution in [0.4, 0.5) is 0 Å². The van der Waals surface area contributed by atoms with E-state index < -0.39 is 0 Å². The zero-order chi connectivity index (χ0) is 6.97. The summed E-state index contributed by atoms with van der Waals surface area (Å²) >= 11 is 0. The molecule has 1 aromatic heterocycles. The first-order valence-corrected chi connectivity index (χ1v) is 3.41. The van der Waals surface area contributed by atoms with Crippen molar-refractivity contribution in [2.24, 2.45) is 0 Å². The van der Waals surface area contributed by atoms with Gasteiger partial charge in [-0.2, -0.15) is 0 Å². The molecule has 0 unspecified atom stereocenters. The summed E-state index contributed by atoms with van der Waals surface area (Å²) in [5.74, 6) is 1.11. The SMILES string of the molecule is CN1CCc2nncn2C1. The largest absolute Gasteiger partial charge is 0.304 e. The Labute approximate surface area is 59.5 Å². The molecule has 0 saturated heterocycles. The first-order chi connectivity index (χ1) is 4.86. The Balaban J connectivity index is 2.30. The molecule has 4 heteroatoms. The van der Waals surface area contributed by atoms with Crippen LogP contribution in [0.3, 0.4) is 0 Å². The standard InChI is InChI=1S/C6H10N4/c1-9-3-2-6-8-7-4-10(6)5-9/h4H,2-3,5H2,1H3. The van der Waals surface area contributed by atoms with Gasteiger partial charge in [0.15, 0.2) is 0 Å². The van der Waals surface area contributed by atoms with E-state index in [1.165, 1.54) is 0 Å². The van der Waals surface area contributed by atoms with E-state index in [0.717, 1.165) is 25.5 Å². The van der Waals surface area contributed by atoms with E-state index in [1.807, 2.05) is 0 Å². The van der Waals surface area contributed by atoms with E-state index in [4.69, 9.17) is 0 Å². The minimum atomic E-state index is 0.933. The van der Waals surface area contributed by atoms with Gasteiger partial charge in [0.25, 0.3) is 0 Å². The van der Waals surface area contributed by atoms with Gasteiger partial charge >= 0.3 is 0 Å². The third kappa shape index (κ3) is 0.806. The van der Waals surface area contributed by atoms with Crippen LogP contribution in [0.2, 0.25) is 0 Å². The van der Waals surface area contributed by atoms with Gasteiger partial charge in [-0.3, -0.25) is 4.90 Å². The number of hydrogen-bond acceptors (Lipinski definition) is 3. The number of rotatable bonds is 0. The van der Waals surface area contributed by atoms with Crippen LogP contribution < -0.4 is 0 Å². The summed E-state index contributed by atoms with van der Waals surface area (Å²) in [5.41, 5.74) is 0. The van der Waals surface area contributed by atoms with Gasteiger partial charge in [-0.25, -0.2) is 0 Å². The smallest absolute Gasteiger partial charge is 0.135 e. The molecule has 0 spiro atoms. The molecule has 4 nitrogen and oxygen atoms in total. The lowest BCUT2D eigenvalue weighted by Crippen LogP contribution is -2.30. The number of likely N-dealkylation sites (N-methyl/N-ethyl adjacent to an activating group) is 1. The lowest BCUT2D eigenvalue weighted by molar-refractivity contribution is 0.237. The number of fused-ring (bicyclic) bond motifs is 1. The molecule has 0 atom stereocenters. The van der Waals surface area contributed by atoms with Crippen molar-refractivity contribution in [1.29, 1.82) is 0 Å². The van der Waals surface area contributed by atoms with Crippen LogP contribution >= 0.6 is 0 Å². The molecule has 10 heavy (non-hydrogen) atoms. The van der Waals surface area contributed by atoms with Gasteiger partial charge in [-0.1, -0.05) is 0 Å². The predicted octanol–water partition coefficient (Wildman–Crippen LogP) is -0.277. The molecule has 0 bridgehead atoms. The Morgan fingerprint density at radius 3 is 3.40 bits per heavy atom. The number of aromatic nitrogens is 3. The maximum atomic E-state index is 3.98. The third-order valence-electron chi connectivity index (χ3n) is 1.81. The van der Waals surface area contributed by atoms with Gasteiger partial charge in [0.1, 0.15) is 12.2 Å². The highest BCUT2D eigenvalue weighted by atomic mass is 15.3. The van der Waals surface area contributed by atoms with Crippen LogP contribution in [0.1, 0.15) is 5.82 Å². The van der Waals surface area contributed by atoms with Gasteiger partial charge in [-0.15, -0.1) is 10.2 Å². The van der Waals surface area contributed by atoms with Crippen LogP contribution in [0.5, 0.6) is 0 Å². The van der Waals surface area contributed by atoms with Crippen LogP contribution in [-0.2, 0) is 13.1 Å². The summed E-state index contributed by atoms with van der Waals surface area (Å²) in [6, 6.07) is 0. The van der Waals surface area contributed by atoms with E-state index >= 15 is 0 Å². The summed E-state index contributed by atoms with van der Waals surface area (Å²) in [6.45, 7) is 2.03. The molecule has 0 aromatic carbocycles. The zero-order valence-corrected chi connectivity index (χ0v) is 5.99. The molecule has 2 rings (SSSR count). The fourth-order valence-corrected chi connectivity index (χ4v) is 1.21. The van der Waals surface area contributed by atoms with Crippen LogP contribution in [0.25, 0.3) is 0 Å². The second kappa shape index (κ2) is 2.05. The average molecular weight is 138 g/mol. The Morgan fingerprint density at radius 1 is 1.60 bits per heavy atom. The van der Waals surface area contributed by atoms with Crippen molar-refractivity contribution in [3.63, 3.8) is 0 Å². The van der Waals surface area contributed by atoms with Crippen molar-refractivity contribution in [2.75, 3.05) is 13.6 Å². The highest BCUT2D eigenvalue weighted by molar-refractivity contribution is 4.89. The Hall–Kier alpha value is -0.900. The number of nitrogens with zero attached hydrogens (tertiary/aromatic N) is 4. The molecular formula is C6H10N4. The van der Waals surface area contributed by atoms with Gasteiger partial charge < -0.3 is 4.57 Å². The molecule has 0 N–H and O–H groups in total. The van der Waals surface area contributed by atoms with E-state index in [0.29, 0.717) is 0 Å². The maximum Gasteiger partial charge on any atom is 0.135 e. The fourth-order valence-electron chi connectivity index (χ4n) is 1.21. The Morgan fingerprint density at radius 2 is 2.50 bits per heavy atom. The van der Waals surface area contributed by atoms with Crippen molar-refractivity contribution >= 4 is 0 Å². The minimum Gasteiger partial charge on any atom is -0.304 e. The molecule has 1 aromatic rings. The topological polar surface area (TPSA) is 34.0 Å². The Bertz CT molecular complexity index is 229. The average Bonchev–Trinajstić information content (AvgIpc) is 2.33. The Kier molecular flexibility index (Phi) is 1.20. The lowest BCUT2D eigenvalue weighted by atomic mass is 10.3. The molecule has 1 aliphatic heterocycles. The highest BCUT2D eigenvalue weighted by Gasteiger charge is 2.12. The van der Waals surface area contributed by atoms with Crippen molar-refractivity contribution in [1.82, 2.24) is 19.7 Å². The highest BCUT2D eigenvalue weighted by Crippen LogP contribution is 2.04. The van der Waals surface area contributed by atoms with Crippen molar-refractivity contribution in [3.05, 3.63) is 12.2 Å².